The molecular formula is C6H11S3. The quantitative estimate of drug-likeness (QED) is 0.653. The summed E-state index contributed by atoms with van der Waals surface area (Å²) in [5.74, 6) is 2.31. The second-order valence-corrected chi connectivity index (χ2v) is 5.22. The number of thioether (sulfide) groups is 2. The van der Waals surface area contributed by atoms with Gasteiger partial charge in [-0.25, -0.2) is 0 Å². The van der Waals surface area contributed by atoms with E-state index in [9.17, 15) is 0 Å². The molecule has 1 radical (unpaired) electrons. The molecule has 3 heteroatoms. The summed E-state index contributed by atoms with van der Waals surface area (Å²) in [4.78, 5) is 0. The van der Waals surface area contributed by atoms with Crippen LogP contribution in [0.25, 0.3) is 0 Å². The highest BCUT2D eigenvalue weighted by Gasteiger charge is 2.14. The minimum atomic E-state index is 0.929. The molecule has 1 atom stereocenters. The molecule has 0 bridgehead atoms. The average molecular weight is 179 g/mol. The molecule has 0 spiro atoms. The normalized spacial score (nSPS) is 27.0. The second-order valence-electron chi connectivity index (χ2n) is 2.12. The fourth-order valence-electron chi connectivity index (χ4n) is 0.850. The lowest BCUT2D eigenvalue weighted by Crippen LogP contribution is -2.00. The molecule has 1 unspecified atom stereocenters. The van der Waals surface area contributed by atoms with Crippen LogP contribution in [0, 0.1) is 0 Å². The van der Waals surface area contributed by atoms with Crippen molar-refractivity contribution in [2.45, 2.75) is 18.1 Å². The summed E-state index contributed by atoms with van der Waals surface area (Å²) < 4.78 is 0. The lowest BCUT2D eigenvalue weighted by molar-refractivity contribution is 0.807. The Morgan fingerprint density at radius 2 is 2.44 bits per heavy atom. The van der Waals surface area contributed by atoms with Crippen LogP contribution in [0.2, 0.25) is 0 Å². The molecule has 0 aromatic heterocycles. The molecule has 9 heavy (non-hydrogen) atoms. The smallest absolute Gasteiger partial charge is 0.0395 e. The predicted molar refractivity (Wildman–Crippen MR) is 50.4 cm³/mol. The number of rotatable bonds is 3. The number of hydrogen-bond acceptors (Lipinski definition) is 2. The van der Waals surface area contributed by atoms with Crippen LogP contribution in [0.3, 0.4) is 0 Å². The molecule has 0 aromatic carbocycles. The molecule has 0 N–H and O–H groups in total. The molecule has 53 valence electrons. The van der Waals surface area contributed by atoms with E-state index in [2.05, 4.69) is 23.5 Å². The van der Waals surface area contributed by atoms with Crippen molar-refractivity contribution in [1.29, 1.82) is 0 Å². The molecular weight excluding hydrogens is 168 g/mol. The van der Waals surface area contributed by atoms with Gasteiger partial charge in [-0.15, -0.1) is 23.5 Å². The predicted octanol–water partition coefficient (Wildman–Crippen LogP) is 2.77. The maximum absolute atomic E-state index is 4.87. The zero-order valence-corrected chi connectivity index (χ0v) is 7.79. The van der Waals surface area contributed by atoms with Gasteiger partial charge in [0.2, 0.25) is 0 Å². The van der Waals surface area contributed by atoms with Gasteiger partial charge < -0.3 is 0 Å². The van der Waals surface area contributed by atoms with Crippen LogP contribution < -0.4 is 0 Å². The fourth-order valence-corrected chi connectivity index (χ4v) is 3.99. The van der Waals surface area contributed by atoms with E-state index in [1.54, 1.807) is 0 Å². The fraction of sp³-hybridized carbons (Fsp3) is 1.00. The van der Waals surface area contributed by atoms with Crippen LogP contribution >= 0.6 is 36.2 Å². The molecule has 0 aromatic rings. The van der Waals surface area contributed by atoms with E-state index in [0.29, 0.717) is 0 Å². The summed E-state index contributed by atoms with van der Waals surface area (Å²) in [7, 11) is 0. The maximum atomic E-state index is 4.87. The van der Waals surface area contributed by atoms with Gasteiger partial charge in [0.05, 0.1) is 0 Å². The van der Waals surface area contributed by atoms with E-state index >= 15 is 0 Å². The van der Waals surface area contributed by atoms with Crippen molar-refractivity contribution in [1.82, 2.24) is 0 Å². The van der Waals surface area contributed by atoms with Crippen molar-refractivity contribution in [3.8, 4) is 0 Å². The first kappa shape index (κ1) is 8.15. The first-order valence-corrected chi connectivity index (χ1v) is 5.99. The van der Waals surface area contributed by atoms with Gasteiger partial charge in [0.1, 0.15) is 0 Å². The van der Waals surface area contributed by atoms with E-state index in [4.69, 9.17) is 12.6 Å². The second kappa shape index (κ2) is 4.80. The summed E-state index contributed by atoms with van der Waals surface area (Å²) >= 11 is 9.03. The Morgan fingerprint density at radius 3 is 3.00 bits per heavy atom. The zero-order chi connectivity index (χ0) is 6.53. The Labute approximate surface area is 71.0 Å². The standard InChI is InChI=1S/C6H11S3/c7-3-1-2-6-4-8-5-9-6/h6H,1-5H2. The Balaban J connectivity index is 1.98. The zero-order valence-electron chi connectivity index (χ0n) is 5.34. The minimum absolute atomic E-state index is 0.929. The van der Waals surface area contributed by atoms with E-state index in [0.717, 1.165) is 11.0 Å². The SMILES string of the molecule is [S]CCCC1CSCS1. The molecule has 1 aliphatic heterocycles. The maximum Gasteiger partial charge on any atom is 0.0395 e. The van der Waals surface area contributed by atoms with Crippen molar-refractivity contribution in [3.63, 3.8) is 0 Å². The summed E-state index contributed by atoms with van der Waals surface area (Å²) in [5.41, 5.74) is 0. The van der Waals surface area contributed by atoms with E-state index in [1.807, 2.05) is 0 Å². The van der Waals surface area contributed by atoms with Crippen molar-refractivity contribution in [2.24, 2.45) is 0 Å². The van der Waals surface area contributed by atoms with Crippen LogP contribution in [0.5, 0.6) is 0 Å². The summed E-state index contributed by atoms with van der Waals surface area (Å²) in [5, 5.41) is 2.24. The molecule has 0 nitrogen and oxygen atoms in total. The highest BCUT2D eigenvalue weighted by Crippen LogP contribution is 2.31. The lowest BCUT2D eigenvalue weighted by Gasteiger charge is -2.03. The van der Waals surface area contributed by atoms with Gasteiger partial charge in [-0.1, -0.05) is 12.6 Å². The molecule has 1 heterocycles. The molecule has 1 saturated heterocycles. The van der Waals surface area contributed by atoms with Gasteiger partial charge in [-0.3, -0.25) is 0 Å². The van der Waals surface area contributed by atoms with Crippen LogP contribution in [-0.4, -0.2) is 21.8 Å². The monoisotopic (exact) mass is 179 g/mol. The molecule has 0 amide bonds. The van der Waals surface area contributed by atoms with Gasteiger partial charge >= 0.3 is 0 Å². The first-order chi connectivity index (χ1) is 4.43. The highest BCUT2D eigenvalue weighted by molar-refractivity contribution is 8.19. The minimum Gasteiger partial charge on any atom is -0.150 e. The van der Waals surface area contributed by atoms with Crippen molar-refractivity contribution in [3.05, 3.63) is 0 Å². The van der Waals surface area contributed by atoms with Crippen LogP contribution in [0.1, 0.15) is 12.8 Å². The molecule has 1 aliphatic rings. The summed E-state index contributed by atoms with van der Waals surface area (Å²) in [6.45, 7) is 0. The largest absolute Gasteiger partial charge is 0.150 e. The van der Waals surface area contributed by atoms with Crippen molar-refractivity contribution < 1.29 is 0 Å². The van der Waals surface area contributed by atoms with Crippen LogP contribution in [-0.2, 0) is 0 Å². The summed E-state index contributed by atoms with van der Waals surface area (Å²) in [6.07, 6.45) is 2.59. The molecule has 1 rings (SSSR count). The van der Waals surface area contributed by atoms with Gasteiger partial charge in [0.25, 0.3) is 0 Å². The Hall–Kier alpha value is 1.05. The van der Waals surface area contributed by atoms with Crippen LogP contribution in [0.15, 0.2) is 0 Å². The highest BCUT2D eigenvalue weighted by atomic mass is 32.2. The van der Waals surface area contributed by atoms with Crippen molar-refractivity contribution in [2.75, 3.05) is 16.6 Å². The van der Waals surface area contributed by atoms with Crippen LogP contribution in [0.4, 0.5) is 0 Å². The van der Waals surface area contributed by atoms with E-state index in [-0.39, 0.29) is 0 Å². The first-order valence-electron chi connectivity index (χ1n) is 3.21. The topological polar surface area (TPSA) is 0 Å². The Bertz CT molecular complexity index is 68.7. The Morgan fingerprint density at radius 1 is 1.56 bits per heavy atom. The number of hydrogen-bond donors (Lipinski definition) is 0. The van der Waals surface area contributed by atoms with Gasteiger partial charge in [-0.2, -0.15) is 0 Å². The van der Waals surface area contributed by atoms with Gasteiger partial charge in [-0.05, 0) is 12.8 Å². The molecule has 1 fully saturated rings. The van der Waals surface area contributed by atoms with Gasteiger partial charge in [0, 0.05) is 21.8 Å². The molecule has 0 saturated carbocycles. The summed E-state index contributed by atoms with van der Waals surface area (Å²) in [6, 6.07) is 0. The van der Waals surface area contributed by atoms with E-state index in [1.165, 1.54) is 23.7 Å². The lowest BCUT2D eigenvalue weighted by atomic mass is 10.3. The molecule has 0 aliphatic carbocycles. The third-order valence-corrected chi connectivity index (χ3v) is 4.58. The Kier molecular flexibility index (Phi) is 4.35. The average Bonchev–Trinajstić information content (AvgIpc) is 2.34. The van der Waals surface area contributed by atoms with E-state index < -0.39 is 0 Å². The third-order valence-electron chi connectivity index (χ3n) is 1.36. The van der Waals surface area contributed by atoms with Gasteiger partial charge in [0.15, 0.2) is 0 Å². The van der Waals surface area contributed by atoms with Crippen molar-refractivity contribution >= 4 is 36.2 Å². The third kappa shape index (κ3) is 3.10.